The van der Waals surface area contributed by atoms with E-state index in [2.05, 4.69) is 34.9 Å². The summed E-state index contributed by atoms with van der Waals surface area (Å²) in [6, 6.07) is 16.4. The molecule has 0 spiro atoms. The van der Waals surface area contributed by atoms with Gasteiger partial charge in [0.15, 0.2) is 0 Å². The molecule has 0 saturated carbocycles. The fourth-order valence-electron chi connectivity index (χ4n) is 3.61. The normalized spacial score (nSPS) is 14.6. The lowest BCUT2D eigenvalue weighted by Crippen LogP contribution is -2.28. The molecule has 4 nitrogen and oxygen atoms in total. The summed E-state index contributed by atoms with van der Waals surface area (Å²) in [5, 5.41) is 7.51. The molecule has 0 radical (unpaired) electrons. The van der Waals surface area contributed by atoms with Gasteiger partial charge >= 0.3 is 0 Å². The summed E-state index contributed by atoms with van der Waals surface area (Å²) in [6.45, 7) is 2.17. The van der Waals surface area contributed by atoms with Crippen molar-refractivity contribution in [2.24, 2.45) is 5.92 Å². The van der Waals surface area contributed by atoms with Crippen molar-refractivity contribution >= 4 is 45.6 Å². The van der Waals surface area contributed by atoms with Crippen molar-refractivity contribution in [1.82, 2.24) is 10.3 Å². The number of nitrogens with one attached hydrogen (secondary N) is 2. The van der Waals surface area contributed by atoms with Crippen LogP contribution in [0.3, 0.4) is 0 Å². The monoisotopic (exact) mass is 415 g/mol. The fraction of sp³-hybridized carbons (Fsp3) is 0.364. The molecule has 1 saturated heterocycles. The summed E-state index contributed by atoms with van der Waals surface area (Å²) in [5.74, 6) is 0.806. The standard InChI is InChI=1S/C22H25N3OS.ClH/c26-21(10-7-16-11-13-23-14-12-16)24-18-8-5-17(6-9-18)15-22-25-19-3-1-2-4-20(19)27-22;/h1-6,8-9,16,23H,7,10-15H2,(H,24,26);1H. The molecule has 1 aromatic heterocycles. The van der Waals surface area contributed by atoms with E-state index in [-0.39, 0.29) is 18.3 Å². The number of rotatable bonds is 6. The molecule has 148 valence electrons. The summed E-state index contributed by atoms with van der Waals surface area (Å²) >= 11 is 1.74. The van der Waals surface area contributed by atoms with E-state index in [9.17, 15) is 4.79 Å². The molecule has 0 bridgehead atoms. The predicted molar refractivity (Wildman–Crippen MR) is 120 cm³/mol. The van der Waals surface area contributed by atoms with Crippen molar-refractivity contribution in [1.29, 1.82) is 0 Å². The van der Waals surface area contributed by atoms with E-state index in [0.29, 0.717) is 12.3 Å². The van der Waals surface area contributed by atoms with Gasteiger partial charge in [0.2, 0.25) is 5.91 Å². The Balaban J connectivity index is 0.00000225. The van der Waals surface area contributed by atoms with Crippen molar-refractivity contribution in [2.45, 2.75) is 32.1 Å². The molecule has 0 unspecified atom stereocenters. The van der Waals surface area contributed by atoms with Gasteiger partial charge in [0.1, 0.15) is 0 Å². The second-order valence-corrected chi connectivity index (χ2v) is 8.34. The number of fused-ring (bicyclic) bond motifs is 1. The van der Waals surface area contributed by atoms with Gasteiger partial charge in [0.25, 0.3) is 0 Å². The molecule has 1 amide bonds. The maximum absolute atomic E-state index is 12.2. The number of thiazole rings is 1. The fourth-order valence-corrected chi connectivity index (χ4v) is 4.61. The lowest BCUT2D eigenvalue weighted by molar-refractivity contribution is -0.116. The smallest absolute Gasteiger partial charge is 0.224 e. The lowest BCUT2D eigenvalue weighted by atomic mass is 9.93. The molecule has 1 aliphatic heterocycles. The van der Waals surface area contributed by atoms with E-state index in [1.54, 1.807) is 11.3 Å². The highest BCUT2D eigenvalue weighted by atomic mass is 35.5. The highest BCUT2D eigenvalue weighted by molar-refractivity contribution is 7.18. The van der Waals surface area contributed by atoms with Gasteiger partial charge in [-0.2, -0.15) is 0 Å². The summed E-state index contributed by atoms with van der Waals surface area (Å²) in [7, 11) is 0. The zero-order valence-electron chi connectivity index (χ0n) is 15.8. The minimum Gasteiger partial charge on any atom is -0.326 e. The zero-order valence-corrected chi connectivity index (χ0v) is 17.5. The average Bonchev–Trinajstić information content (AvgIpc) is 3.11. The molecular formula is C22H26ClN3OS. The van der Waals surface area contributed by atoms with Crippen LogP contribution in [-0.4, -0.2) is 24.0 Å². The van der Waals surface area contributed by atoms with Crippen LogP contribution in [-0.2, 0) is 11.2 Å². The van der Waals surface area contributed by atoms with Gasteiger partial charge in [-0.3, -0.25) is 4.79 Å². The van der Waals surface area contributed by atoms with E-state index >= 15 is 0 Å². The first-order chi connectivity index (χ1) is 13.3. The minimum atomic E-state index is 0. The van der Waals surface area contributed by atoms with Crippen molar-refractivity contribution in [3.05, 3.63) is 59.1 Å². The highest BCUT2D eigenvalue weighted by Gasteiger charge is 2.14. The molecular weight excluding hydrogens is 390 g/mol. The molecule has 6 heteroatoms. The quantitative estimate of drug-likeness (QED) is 0.593. The van der Waals surface area contributed by atoms with Crippen LogP contribution in [0.1, 0.15) is 36.3 Å². The van der Waals surface area contributed by atoms with Crippen LogP contribution >= 0.6 is 23.7 Å². The molecule has 1 aliphatic rings. The summed E-state index contributed by atoms with van der Waals surface area (Å²) in [6.07, 6.45) is 4.80. The largest absolute Gasteiger partial charge is 0.326 e. The van der Waals surface area contributed by atoms with E-state index in [0.717, 1.165) is 42.1 Å². The van der Waals surface area contributed by atoms with Gasteiger partial charge in [-0.1, -0.05) is 24.3 Å². The van der Waals surface area contributed by atoms with E-state index in [4.69, 9.17) is 4.98 Å². The second kappa shape index (κ2) is 10.0. The van der Waals surface area contributed by atoms with Crippen molar-refractivity contribution < 1.29 is 4.79 Å². The number of carbonyl (C=O) groups excluding carboxylic acids is 1. The van der Waals surface area contributed by atoms with Gasteiger partial charge in [0, 0.05) is 18.5 Å². The van der Waals surface area contributed by atoms with Crippen LogP contribution < -0.4 is 10.6 Å². The number of carbonyl (C=O) groups is 1. The first-order valence-corrected chi connectivity index (χ1v) is 10.5. The third kappa shape index (κ3) is 5.53. The molecule has 3 aromatic rings. The third-order valence-electron chi connectivity index (χ3n) is 5.17. The molecule has 1 fully saturated rings. The van der Waals surface area contributed by atoms with Crippen molar-refractivity contribution in [3.63, 3.8) is 0 Å². The zero-order chi connectivity index (χ0) is 18.5. The van der Waals surface area contributed by atoms with Crippen LogP contribution in [0.15, 0.2) is 48.5 Å². The Bertz CT molecular complexity index is 871. The van der Waals surface area contributed by atoms with Gasteiger partial charge in [-0.25, -0.2) is 4.98 Å². The maximum atomic E-state index is 12.2. The first kappa shape index (κ1) is 20.8. The number of nitrogens with zero attached hydrogens (tertiary/aromatic N) is 1. The Hall–Kier alpha value is -1.95. The number of para-hydroxylation sites is 1. The van der Waals surface area contributed by atoms with E-state index in [1.807, 2.05) is 24.3 Å². The Morgan fingerprint density at radius 2 is 1.86 bits per heavy atom. The number of hydrogen-bond acceptors (Lipinski definition) is 4. The third-order valence-corrected chi connectivity index (χ3v) is 6.21. The second-order valence-electron chi connectivity index (χ2n) is 7.23. The Kier molecular flexibility index (Phi) is 7.43. The number of benzene rings is 2. The van der Waals surface area contributed by atoms with E-state index < -0.39 is 0 Å². The molecule has 0 atom stereocenters. The summed E-state index contributed by atoms with van der Waals surface area (Å²) in [5.41, 5.74) is 3.15. The number of anilines is 1. The van der Waals surface area contributed by atoms with Gasteiger partial charge in [0.05, 0.1) is 15.2 Å². The molecule has 0 aliphatic carbocycles. The highest BCUT2D eigenvalue weighted by Crippen LogP contribution is 2.24. The van der Waals surface area contributed by atoms with Crippen LogP contribution in [0.2, 0.25) is 0 Å². The van der Waals surface area contributed by atoms with Crippen molar-refractivity contribution in [2.75, 3.05) is 18.4 Å². The minimum absolute atomic E-state index is 0. The summed E-state index contributed by atoms with van der Waals surface area (Å²) in [4.78, 5) is 16.9. The maximum Gasteiger partial charge on any atom is 0.224 e. The van der Waals surface area contributed by atoms with Gasteiger partial charge < -0.3 is 10.6 Å². The predicted octanol–water partition coefficient (Wildman–Crippen LogP) is 5.03. The van der Waals surface area contributed by atoms with Crippen LogP contribution in [0.25, 0.3) is 10.2 Å². The Morgan fingerprint density at radius 3 is 2.61 bits per heavy atom. The number of aromatic nitrogens is 1. The molecule has 4 rings (SSSR count). The van der Waals surface area contributed by atoms with Crippen LogP contribution in [0, 0.1) is 5.92 Å². The summed E-state index contributed by atoms with van der Waals surface area (Å²) < 4.78 is 1.23. The lowest BCUT2D eigenvalue weighted by Gasteiger charge is -2.22. The Labute approximate surface area is 176 Å². The SMILES string of the molecule is Cl.O=C(CCC1CCNCC1)Nc1ccc(Cc2nc3ccccc3s2)cc1. The molecule has 2 heterocycles. The first-order valence-electron chi connectivity index (χ1n) is 9.70. The molecule has 2 aromatic carbocycles. The van der Waals surface area contributed by atoms with Crippen molar-refractivity contribution in [3.8, 4) is 0 Å². The van der Waals surface area contributed by atoms with Gasteiger partial charge in [-0.05, 0) is 68.1 Å². The average molecular weight is 416 g/mol. The molecule has 28 heavy (non-hydrogen) atoms. The number of halogens is 1. The van der Waals surface area contributed by atoms with E-state index in [1.165, 1.54) is 23.1 Å². The van der Waals surface area contributed by atoms with Crippen LogP contribution in [0.5, 0.6) is 0 Å². The topological polar surface area (TPSA) is 54.0 Å². The number of amides is 1. The Morgan fingerprint density at radius 1 is 1.11 bits per heavy atom. The number of piperidine rings is 1. The molecule has 2 N–H and O–H groups in total. The number of hydrogen-bond donors (Lipinski definition) is 2. The van der Waals surface area contributed by atoms with Crippen LogP contribution in [0.4, 0.5) is 5.69 Å². The van der Waals surface area contributed by atoms with Gasteiger partial charge in [-0.15, -0.1) is 23.7 Å².